The molecule has 1 saturated carbocycles. The van der Waals surface area contributed by atoms with Crippen LogP contribution in [0.4, 0.5) is 0 Å². The highest BCUT2D eigenvalue weighted by molar-refractivity contribution is 8.03. The van der Waals surface area contributed by atoms with Crippen LogP contribution in [0.5, 0.6) is 0 Å². The minimum absolute atomic E-state index is 0.378. The second-order valence-electron chi connectivity index (χ2n) is 12.6. The fourth-order valence-electron chi connectivity index (χ4n) is 6.05. The first-order valence-electron chi connectivity index (χ1n) is 16.5. The third-order valence-corrected chi connectivity index (χ3v) is 11.1. The topological polar surface area (TPSA) is 18.8 Å². The molecule has 1 aromatic carbocycles. The Morgan fingerprint density at radius 1 is 1.07 bits per heavy atom. The van der Waals surface area contributed by atoms with Crippen molar-refractivity contribution >= 4 is 23.2 Å². The van der Waals surface area contributed by atoms with Gasteiger partial charge in [0.1, 0.15) is 0 Å². The van der Waals surface area contributed by atoms with Crippen molar-refractivity contribution in [3.63, 3.8) is 0 Å². The van der Waals surface area contributed by atoms with Gasteiger partial charge in [0.15, 0.2) is 0 Å². The van der Waals surface area contributed by atoms with Gasteiger partial charge in [-0.2, -0.15) is 0 Å². The first-order chi connectivity index (χ1) is 20.2. The lowest BCUT2D eigenvalue weighted by Gasteiger charge is -2.39. The molecule has 1 aromatic rings. The zero-order valence-electron chi connectivity index (χ0n) is 27.7. The first kappa shape index (κ1) is 32.6. The molecule has 2 aliphatic heterocycles. The molecule has 0 amide bonds. The largest absolute Gasteiger partial charge is 0.369 e. The van der Waals surface area contributed by atoms with E-state index >= 15 is 0 Å². The van der Waals surface area contributed by atoms with Crippen molar-refractivity contribution in [3.8, 4) is 0 Å². The van der Waals surface area contributed by atoms with Crippen molar-refractivity contribution in [2.75, 3.05) is 26.2 Å². The number of rotatable bonds is 11. The van der Waals surface area contributed by atoms with Gasteiger partial charge < -0.3 is 4.90 Å². The van der Waals surface area contributed by atoms with Crippen LogP contribution in [-0.2, 0) is 0 Å². The number of fused-ring (bicyclic) bond motifs is 1. The Morgan fingerprint density at radius 2 is 1.86 bits per heavy atom. The standard InChI is InChI=1S/C38H55N3S/c1-9-27(4)31(8)42-38-25-33(18-17-29(38)6)37(24-30(7)32-14-12-15-32)39-36(28(5)10-2)20-19-34(11-3)41-23-22-40-21-13-16-35(40)26-41/h11,17-20,24-25,28,35H,9-10,12-16,21-23,26H2,1-8H3/b20-19-,31-27+,34-11+,37-24-,39-36+. The van der Waals surface area contributed by atoms with Crippen LogP contribution in [0, 0.1) is 12.8 Å². The lowest BCUT2D eigenvalue weighted by Crippen LogP contribution is -2.49. The number of hydrogen-bond donors (Lipinski definition) is 0. The van der Waals surface area contributed by atoms with Crippen LogP contribution >= 0.6 is 11.8 Å². The maximum absolute atomic E-state index is 5.49. The number of thioether (sulfide) groups is 1. The summed E-state index contributed by atoms with van der Waals surface area (Å²) in [6.07, 6.45) is 17.9. The quantitative estimate of drug-likeness (QED) is 0.146. The van der Waals surface area contributed by atoms with Crippen LogP contribution in [0.3, 0.4) is 0 Å². The van der Waals surface area contributed by atoms with Crippen LogP contribution in [0.25, 0.3) is 5.70 Å². The minimum Gasteiger partial charge on any atom is -0.369 e. The van der Waals surface area contributed by atoms with E-state index in [4.69, 9.17) is 4.99 Å². The molecule has 1 aliphatic carbocycles. The molecule has 0 N–H and O–H groups in total. The molecular weight excluding hydrogens is 531 g/mol. The van der Waals surface area contributed by atoms with Gasteiger partial charge in [0.2, 0.25) is 0 Å². The molecule has 3 nitrogen and oxygen atoms in total. The summed E-state index contributed by atoms with van der Waals surface area (Å²) in [5.74, 6) is 0.378. The molecular formula is C38H55N3S. The lowest BCUT2D eigenvalue weighted by atomic mass is 9.88. The summed E-state index contributed by atoms with van der Waals surface area (Å²) in [5.41, 5.74) is 10.6. The van der Waals surface area contributed by atoms with Gasteiger partial charge in [-0.1, -0.05) is 61.9 Å². The molecule has 3 fully saturated rings. The number of piperazine rings is 1. The molecule has 4 rings (SSSR count). The average molecular weight is 586 g/mol. The fraction of sp³-hybridized carbons (Fsp3) is 0.553. The zero-order chi connectivity index (χ0) is 30.2. The SMILES string of the molecule is C\C=C(/C=C\C(=N/C(=C\C(C)=C1CCC1)c1ccc(C)c(S/C(C)=C(\C)CC)c1)C(C)CC)N1CCN2CCCC2C1. The molecule has 2 heterocycles. The van der Waals surface area contributed by atoms with Gasteiger partial charge in [-0.05, 0) is 132 Å². The first-order valence-corrected chi connectivity index (χ1v) is 17.3. The molecule has 0 spiro atoms. The Hall–Kier alpha value is -2.30. The number of nitrogens with zero attached hydrogens (tertiary/aromatic N) is 3. The number of allylic oxidation sites excluding steroid dienone is 8. The van der Waals surface area contributed by atoms with Gasteiger partial charge in [-0.3, -0.25) is 9.89 Å². The maximum atomic E-state index is 5.49. The molecule has 2 saturated heterocycles. The van der Waals surface area contributed by atoms with E-state index in [9.17, 15) is 0 Å². The van der Waals surface area contributed by atoms with Crippen LogP contribution in [0.15, 0.2) is 79.7 Å². The minimum atomic E-state index is 0.378. The van der Waals surface area contributed by atoms with Crippen molar-refractivity contribution in [1.29, 1.82) is 0 Å². The van der Waals surface area contributed by atoms with Crippen LogP contribution in [-0.4, -0.2) is 47.7 Å². The highest BCUT2D eigenvalue weighted by Gasteiger charge is 2.30. The van der Waals surface area contributed by atoms with Gasteiger partial charge >= 0.3 is 0 Å². The van der Waals surface area contributed by atoms with Gasteiger partial charge in [-0.15, -0.1) is 0 Å². The van der Waals surface area contributed by atoms with Crippen molar-refractivity contribution in [2.45, 2.75) is 111 Å². The highest BCUT2D eigenvalue weighted by atomic mass is 32.2. The monoisotopic (exact) mass is 585 g/mol. The van der Waals surface area contributed by atoms with Crippen LogP contribution < -0.4 is 0 Å². The Morgan fingerprint density at radius 3 is 2.52 bits per heavy atom. The number of aryl methyl sites for hydroxylation is 1. The Kier molecular flexibility index (Phi) is 12.0. The Labute approximate surface area is 261 Å². The van der Waals surface area contributed by atoms with Crippen molar-refractivity contribution in [1.82, 2.24) is 9.80 Å². The summed E-state index contributed by atoms with van der Waals surface area (Å²) in [5, 5.41) is 0. The Bertz CT molecular complexity index is 1290. The molecule has 3 aliphatic rings. The van der Waals surface area contributed by atoms with Gasteiger partial charge in [0, 0.05) is 47.5 Å². The molecule has 2 unspecified atom stereocenters. The smallest absolute Gasteiger partial charge is 0.0708 e. The molecule has 2 atom stereocenters. The van der Waals surface area contributed by atoms with E-state index in [-0.39, 0.29) is 0 Å². The summed E-state index contributed by atoms with van der Waals surface area (Å²) >= 11 is 1.91. The predicted octanol–water partition coefficient (Wildman–Crippen LogP) is 10.4. The van der Waals surface area contributed by atoms with E-state index in [1.807, 2.05) is 11.8 Å². The normalized spacial score (nSPS) is 21.9. The number of benzene rings is 1. The molecule has 4 heteroatoms. The predicted molar refractivity (Wildman–Crippen MR) is 186 cm³/mol. The van der Waals surface area contributed by atoms with Gasteiger partial charge in [-0.25, -0.2) is 0 Å². The summed E-state index contributed by atoms with van der Waals surface area (Å²) in [7, 11) is 0. The number of hydrogen-bond acceptors (Lipinski definition) is 4. The summed E-state index contributed by atoms with van der Waals surface area (Å²) in [6, 6.07) is 7.64. The van der Waals surface area contributed by atoms with E-state index in [1.54, 1.807) is 5.57 Å². The van der Waals surface area contributed by atoms with Crippen molar-refractivity contribution in [2.24, 2.45) is 10.9 Å². The summed E-state index contributed by atoms with van der Waals surface area (Å²) in [6.45, 7) is 22.8. The third-order valence-electron chi connectivity index (χ3n) is 9.79. The Balaban J connectivity index is 1.70. The van der Waals surface area contributed by atoms with E-state index in [2.05, 4.69) is 108 Å². The number of aliphatic imine (C=N–C) groups is 1. The second-order valence-corrected chi connectivity index (χ2v) is 13.9. The lowest BCUT2D eigenvalue weighted by molar-refractivity contribution is 0.132. The third kappa shape index (κ3) is 8.20. The van der Waals surface area contributed by atoms with E-state index < -0.39 is 0 Å². The van der Waals surface area contributed by atoms with E-state index in [0.29, 0.717) is 5.92 Å². The summed E-state index contributed by atoms with van der Waals surface area (Å²) < 4.78 is 0. The maximum Gasteiger partial charge on any atom is 0.0708 e. The molecule has 0 aromatic heterocycles. The molecule has 42 heavy (non-hydrogen) atoms. The molecule has 0 bridgehead atoms. The van der Waals surface area contributed by atoms with E-state index in [0.717, 1.165) is 37.7 Å². The zero-order valence-corrected chi connectivity index (χ0v) is 28.5. The van der Waals surface area contributed by atoms with Gasteiger partial charge in [0.25, 0.3) is 0 Å². The van der Waals surface area contributed by atoms with Crippen LogP contribution in [0.1, 0.15) is 105 Å². The van der Waals surface area contributed by atoms with Crippen LogP contribution in [0.2, 0.25) is 0 Å². The second kappa shape index (κ2) is 15.4. The molecule has 228 valence electrons. The van der Waals surface area contributed by atoms with Crippen molar-refractivity contribution < 1.29 is 0 Å². The van der Waals surface area contributed by atoms with E-state index in [1.165, 1.54) is 88.7 Å². The average Bonchev–Trinajstić information content (AvgIpc) is 3.43. The fourth-order valence-corrected chi connectivity index (χ4v) is 7.11. The molecule has 0 radical (unpaired) electrons. The summed E-state index contributed by atoms with van der Waals surface area (Å²) in [4.78, 5) is 13.5. The van der Waals surface area contributed by atoms with Crippen molar-refractivity contribution in [3.05, 3.63) is 81.0 Å². The highest BCUT2D eigenvalue weighted by Crippen LogP contribution is 2.36. The van der Waals surface area contributed by atoms with Gasteiger partial charge in [0.05, 0.1) is 5.70 Å².